The highest BCUT2D eigenvalue weighted by Gasteiger charge is 2.17. The average Bonchev–Trinajstić information content (AvgIpc) is 3.15. The van der Waals surface area contributed by atoms with Crippen LogP contribution in [0.4, 0.5) is 4.39 Å². The number of allylic oxidation sites excluding steroid dienone is 1. The average molecular weight is 335 g/mol. The molecule has 0 saturated carbocycles. The summed E-state index contributed by atoms with van der Waals surface area (Å²) in [4.78, 5) is 4.27. The third-order valence-corrected chi connectivity index (χ3v) is 4.36. The van der Waals surface area contributed by atoms with Gasteiger partial charge in [0.05, 0.1) is 23.6 Å². The van der Waals surface area contributed by atoms with E-state index in [2.05, 4.69) is 4.98 Å². The number of aromatic nitrogens is 1. The van der Waals surface area contributed by atoms with Crippen LogP contribution in [0.5, 0.6) is 5.75 Å². The zero-order valence-corrected chi connectivity index (χ0v) is 12.8. The summed E-state index contributed by atoms with van der Waals surface area (Å²) >= 11 is 7.43. The maximum absolute atomic E-state index is 13.7. The second-order valence-electron chi connectivity index (χ2n) is 4.25. The SMILES string of the molecule is COc1cc2sc(C(C#N)=C(Cl)c3ccco3)nc2cc1F. The summed E-state index contributed by atoms with van der Waals surface area (Å²) in [5, 5.41) is 9.92. The second kappa shape index (κ2) is 5.79. The quantitative estimate of drug-likeness (QED) is 0.653. The summed E-state index contributed by atoms with van der Waals surface area (Å²) in [6.45, 7) is 0. The van der Waals surface area contributed by atoms with Gasteiger partial charge in [0.1, 0.15) is 27.4 Å². The van der Waals surface area contributed by atoms with E-state index in [1.807, 2.05) is 6.07 Å². The van der Waals surface area contributed by atoms with Gasteiger partial charge >= 0.3 is 0 Å². The molecular formula is C15H8ClFN2O2S. The Bertz CT molecular complexity index is 910. The molecule has 0 aliphatic carbocycles. The van der Waals surface area contributed by atoms with Gasteiger partial charge in [-0.2, -0.15) is 5.26 Å². The van der Waals surface area contributed by atoms with E-state index in [9.17, 15) is 9.65 Å². The highest BCUT2D eigenvalue weighted by atomic mass is 35.5. The number of halogens is 2. The van der Waals surface area contributed by atoms with Gasteiger partial charge in [-0.05, 0) is 12.1 Å². The van der Waals surface area contributed by atoms with Crippen LogP contribution in [0.3, 0.4) is 0 Å². The first-order valence-corrected chi connectivity index (χ1v) is 7.31. The van der Waals surface area contributed by atoms with Gasteiger partial charge in [-0.1, -0.05) is 11.6 Å². The van der Waals surface area contributed by atoms with Crippen molar-refractivity contribution in [3.63, 3.8) is 0 Å². The molecule has 0 fully saturated rings. The fourth-order valence-corrected chi connectivity index (χ4v) is 3.18. The molecule has 4 nitrogen and oxygen atoms in total. The van der Waals surface area contributed by atoms with Gasteiger partial charge in [-0.25, -0.2) is 9.37 Å². The molecule has 2 heterocycles. The van der Waals surface area contributed by atoms with Crippen molar-refractivity contribution in [1.29, 1.82) is 5.26 Å². The van der Waals surface area contributed by atoms with Crippen LogP contribution in [0.15, 0.2) is 34.9 Å². The van der Waals surface area contributed by atoms with Gasteiger partial charge in [0, 0.05) is 12.1 Å². The van der Waals surface area contributed by atoms with Crippen LogP contribution in [-0.4, -0.2) is 12.1 Å². The van der Waals surface area contributed by atoms with E-state index in [1.54, 1.807) is 18.2 Å². The van der Waals surface area contributed by atoms with E-state index in [-0.39, 0.29) is 16.4 Å². The van der Waals surface area contributed by atoms with Gasteiger partial charge in [-0.3, -0.25) is 0 Å². The van der Waals surface area contributed by atoms with E-state index in [0.717, 1.165) is 0 Å². The predicted molar refractivity (Wildman–Crippen MR) is 83.1 cm³/mol. The molecule has 0 bridgehead atoms. The van der Waals surface area contributed by atoms with Gasteiger partial charge in [0.15, 0.2) is 11.6 Å². The number of fused-ring (bicyclic) bond motifs is 1. The molecule has 0 amide bonds. The molecule has 0 aliphatic heterocycles. The minimum Gasteiger partial charge on any atom is -0.494 e. The number of benzene rings is 1. The third-order valence-electron chi connectivity index (χ3n) is 2.94. The topological polar surface area (TPSA) is 59.0 Å². The van der Waals surface area contributed by atoms with Gasteiger partial charge in [0.25, 0.3) is 0 Å². The number of ether oxygens (including phenoxy) is 1. The van der Waals surface area contributed by atoms with E-state index in [0.29, 0.717) is 21.0 Å². The first-order chi connectivity index (χ1) is 10.6. The van der Waals surface area contributed by atoms with Gasteiger partial charge in [-0.15, -0.1) is 11.3 Å². The minimum absolute atomic E-state index is 0.127. The molecule has 7 heteroatoms. The lowest BCUT2D eigenvalue weighted by Crippen LogP contribution is -1.87. The summed E-state index contributed by atoms with van der Waals surface area (Å²) in [5.41, 5.74) is 0.618. The van der Waals surface area contributed by atoms with E-state index in [4.69, 9.17) is 20.8 Å². The zero-order valence-electron chi connectivity index (χ0n) is 11.3. The number of thiazole rings is 1. The minimum atomic E-state index is -0.508. The molecule has 22 heavy (non-hydrogen) atoms. The van der Waals surface area contributed by atoms with Crippen molar-refractivity contribution >= 4 is 43.8 Å². The Morgan fingerprint density at radius 1 is 1.50 bits per heavy atom. The Balaban J connectivity index is 2.17. The van der Waals surface area contributed by atoms with Crippen LogP contribution in [0, 0.1) is 17.1 Å². The molecular weight excluding hydrogens is 327 g/mol. The molecule has 2 aromatic heterocycles. The van der Waals surface area contributed by atoms with Crippen LogP contribution in [0.1, 0.15) is 10.8 Å². The normalized spacial score (nSPS) is 12.1. The second-order valence-corrected chi connectivity index (χ2v) is 5.66. The molecule has 0 N–H and O–H groups in total. The number of hydrogen-bond donors (Lipinski definition) is 0. The smallest absolute Gasteiger partial charge is 0.167 e. The Kier molecular flexibility index (Phi) is 3.84. The lowest BCUT2D eigenvalue weighted by Gasteiger charge is -1.99. The number of rotatable bonds is 3. The lowest BCUT2D eigenvalue weighted by molar-refractivity contribution is 0.387. The zero-order chi connectivity index (χ0) is 15.7. The number of methoxy groups -OCH3 is 1. The van der Waals surface area contributed by atoms with E-state index < -0.39 is 5.82 Å². The van der Waals surface area contributed by atoms with Crippen molar-refractivity contribution < 1.29 is 13.5 Å². The summed E-state index contributed by atoms with van der Waals surface area (Å²) < 4.78 is 24.5. The third kappa shape index (κ3) is 2.45. The predicted octanol–water partition coefficient (Wildman–Crippen LogP) is 4.67. The standard InChI is InChI=1S/C15H8ClFN2O2S/c1-20-12-6-13-10(5-9(12)17)19-15(22-13)8(7-18)14(16)11-3-2-4-21-11/h2-6H,1H3. The molecule has 0 aliphatic rings. The molecule has 0 atom stereocenters. The van der Waals surface area contributed by atoms with Crippen molar-refractivity contribution in [2.24, 2.45) is 0 Å². The van der Waals surface area contributed by atoms with E-state index >= 15 is 0 Å². The van der Waals surface area contributed by atoms with Gasteiger partial charge in [0.2, 0.25) is 0 Å². The van der Waals surface area contributed by atoms with Crippen molar-refractivity contribution in [2.45, 2.75) is 0 Å². The van der Waals surface area contributed by atoms with Crippen LogP contribution in [0.2, 0.25) is 0 Å². The monoisotopic (exact) mass is 334 g/mol. The fourth-order valence-electron chi connectivity index (χ4n) is 1.91. The van der Waals surface area contributed by atoms with Crippen LogP contribution in [0.25, 0.3) is 20.8 Å². The Labute approximate surface area is 134 Å². The molecule has 3 rings (SSSR count). The van der Waals surface area contributed by atoms with Gasteiger partial charge < -0.3 is 9.15 Å². The summed E-state index contributed by atoms with van der Waals surface area (Å²) in [6.07, 6.45) is 1.46. The first kappa shape index (κ1) is 14.6. The molecule has 3 aromatic rings. The highest BCUT2D eigenvalue weighted by molar-refractivity contribution is 7.19. The lowest BCUT2D eigenvalue weighted by atomic mass is 10.2. The Morgan fingerprint density at radius 2 is 2.32 bits per heavy atom. The maximum atomic E-state index is 13.7. The fraction of sp³-hybridized carbons (Fsp3) is 0.0667. The number of furan rings is 1. The molecule has 0 saturated heterocycles. The molecule has 0 unspecified atom stereocenters. The van der Waals surface area contributed by atoms with Crippen LogP contribution < -0.4 is 4.74 Å². The summed E-state index contributed by atoms with van der Waals surface area (Å²) in [6, 6.07) is 8.15. The van der Waals surface area contributed by atoms with Crippen molar-refractivity contribution in [3.8, 4) is 11.8 Å². The number of nitrogens with zero attached hydrogens (tertiary/aromatic N) is 2. The highest BCUT2D eigenvalue weighted by Crippen LogP contribution is 2.35. The molecule has 1 aromatic carbocycles. The van der Waals surface area contributed by atoms with Crippen LogP contribution in [-0.2, 0) is 0 Å². The van der Waals surface area contributed by atoms with E-state index in [1.165, 1.54) is 30.8 Å². The number of nitriles is 1. The largest absolute Gasteiger partial charge is 0.494 e. The van der Waals surface area contributed by atoms with Crippen LogP contribution >= 0.6 is 22.9 Å². The van der Waals surface area contributed by atoms with Crippen molar-refractivity contribution in [3.05, 3.63) is 47.1 Å². The number of hydrogen-bond acceptors (Lipinski definition) is 5. The molecule has 110 valence electrons. The first-order valence-electron chi connectivity index (χ1n) is 6.12. The molecule has 0 radical (unpaired) electrons. The summed E-state index contributed by atoms with van der Waals surface area (Å²) in [7, 11) is 1.39. The Hall–Kier alpha value is -2.36. The molecule has 0 spiro atoms. The maximum Gasteiger partial charge on any atom is 0.167 e. The van der Waals surface area contributed by atoms with Crippen molar-refractivity contribution in [2.75, 3.05) is 7.11 Å². The summed E-state index contributed by atoms with van der Waals surface area (Å²) in [5.74, 6) is -0.00461. The van der Waals surface area contributed by atoms with Crippen molar-refractivity contribution in [1.82, 2.24) is 4.98 Å². The Morgan fingerprint density at radius 3 is 2.95 bits per heavy atom.